The Bertz CT molecular complexity index is 790. The highest BCUT2D eigenvalue weighted by Gasteiger charge is 2.41. The van der Waals surface area contributed by atoms with Gasteiger partial charge in [0.25, 0.3) is 5.91 Å². The molecule has 3 aliphatic rings. The molecule has 1 aromatic carbocycles. The van der Waals surface area contributed by atoms with Gasteiger partial charge in [-0.15, -0.1) is 0 Å². The van der Waals surface area contributed by atoms with Gasteiger partial charge < -0.3 is 15.1 Å². The number of fused-ring (bicyclic) bond motifs is 2. The Morgan fingerprint density at radius 1 is 1.10 bits per heavy atom. The zero-order valence-electron chi connectivity index (χ0n) is 17.0. The Labute approximate surface area is 174 Å². The number of nitrogens with one attached hydrogen (secondary N) is 2. The van der Waals surface area contributed by atoms with E-state index in [0.29, 0.717) is 38.5 Å². The molecule has 4 rings (SSSR count). The number of carbonyl (C=O) groups is 2. The van der Waals surface area contributed by atoms with Crippen LogP contribution in [0.3, 0.4) is 0 Å². The minimum atomic E-state index is -4.51. The van der Waals surface area contributed by atoms with E-state index in [4.69, 9.17) is 0 Å². The van der Waals surface area contributed by atoms with Gasteiger partial charge in [0.15, 0.2) is 6.54 Å². The maximum atomic E-state index is 13.1. The van der Waals surface area contributed by atoms with Crippen molar-refractivity contribution < 1.29 is 27.7 Å². The van der Waals surface area contributed by atoms with Crippen LogP contribution in [0.2, 0.25) is 0 Å². The Hall–Kier alpha value is -2.09. The summed E-state index contributed by atoms with van der Waals surface area (Å²) in [5.41, 5.74) is -1.06. The summed E-state index contributed by atoms with van der Waals surface area (Å²) in [6.45, 7) is 2.57. The van der Waals surface area contributed by atoms with E-state index < -0.39 is 17.6 Å². The summed E-state index contributed by atoms with van der Waals surface area (Å²) in [5, 5.41) is 2.40. The molecule has 3 fully saturated rings. The third kappa shape index (κ3) is 4.79. The van der Waals surface area contributed by atoms with E-state index in [1.165, 1.54) is 43.9 Å². The SMILES string of the molecule is O=C(C[NH+]1CCN(C(=O)C[C@@H]2C[C@H]3CC[C@@H]2C3)CC1)Nc1ccccc1C(F)(F)F. The average Bonchev–Trinajstić information content (AvgIpc) is 3.31. The summed E-state index contributed by atoms with van der Waals surface area (Å²) in [6.07, 6.45) is 1.22. The van der Waals surface area contributed by atoms with Gasteiger partial charge in [0.05, 0.1) is 37.4 Å². The van der Waals surface area contributed by atoms with E-state index in [0.717, 1.165) is 22.8 Å². The van der Waals surface area contributed by atoms with Crippen molar-refractivity contribution in [2.75, 3.05) is 38.0 Å². The number of piperazine rings is 1. The summed E-state index contributed by atoms with van der Waals surface area (Å²) in [5.74, 6) is 1.88. The maximum Gasteiger partial charge on any atom is 0.418 e. The third-order valence-electron chi connectivity index (χ3n) is 7.06. The lowest BCUT2D eigenvalue weighted by Gasteiger charge is -2.33. The van der Waals surface area contributed by atoms with Gasteiger partial charge in [-0.2, -0.15) is 13.2 Å². The lowest BCUT2D eigenvalue weighted by Crippen LogP contribution is -3.15. The standard InChI is InChI=1S/C22H28F3N3O2/c23-22(24,25)18-3-1-2-4-19(18)26-20(29)14-27-7-9-28(10-8-27)21(30)13-17-12-15-5-6-16(17)11-15/h1-4,15-17H,5-14H2,(H,26,29)/p+1/t15-,16+,17-/m0/s1. The van der Waals surface area contributed by atoms with Crippen LogP contribution in [-0.2, 0) is 15.8 Å². The highest BCUT2D eigenvalue weighted by Crippen LogP contribution is 2.49. The molecular formula is C22H29F3N3O2+. The normalized spacial score (nSPS) is 26.8. The molecule has 2 bridgehead atoms. The van der Waals surface area contributed by atoms with Gasteiger partial charge in [0.2, 0.25) is 5.91 Å². The molecule has 1 saturated heterocycles. The maximum absolute atomic E-state index is 13.1. The lowest BCUT2D eigenvalue weighted by atomic mass is 9.86. The van der Waals surface area contributed by atoms with Crippen LogP contribution < -0.4 is 10.2 Å². The molecule has 0 aromatic heterocycles. The van der Waals surface area contributed by atoms with Crippen molar-refractivity contribution in [2.45, 2.75) is 38.3 Å². The van der Waals surface area contributed by atoms with Crippen LogP contribution in [0, 0.1) is 17.8 Å². The number of alkyl halides is 3. The Balaban J connectivity index is 1.23. The molecule has 1 heterocycles. The molecule has 2 aliphatic carbocycles. The molecule has 2 saturated carbocycles. The molecule has 3 atom stereocenters. The molecule has 1 aromatic rings. The lowest BCUT2D eigenvalue weighted by molar-refractivity contribution is -0.895. The van der Waals surface area contributed by atoms with Crippen LogP contribution in [0.1, 0.15) is 37.7 Å². The largest absolute Gasteiger partial charge is 0.418 e. The number of hydrogen-bond acceptors (Lipinski definition) is 2. The highest BCUT2D eigenvalue weighted by molar-refractivity contribution is 5.92. The summed E-state index contributed by atoms with van der Waals surface area (Å²) in [7, 11) is 0. The van der Waals surface area contributed by atoms with Crippen molar-refractivity contribution in [3.63, 3.8) is 0 Å². The summed E-state index contributed by atoms with van der Waals surface area (Å²) in [4.78, 5) is 27.8. The predicted octanol–water partition coefficient (Wildman–Crippen LogP) is 2.20. The van der Waals surface area contributed by atoms with Crippen LogP contribution in [0.25, 0.3) is 0 Å². The Morgan fingerprint density at radius 3 is 2.47 bits per heavy atom. The molecule has 8 heteroatoms. The number of anilines is 1. The molecule has 5 nitrogen and oxygen atoms in total. The first-order valence-electron chi connectivity index (χ1n) is 10.9. The number of carbonyl (C=O) groups excluding carboxylic acids is 2. The molecule has 0 radical (unpaired) electrons. The van der Waals surface area contributed by atoms with Gasteiger partial charge in [0.1, 0.15) is 0 Å². The van der Waals surface area contributed by atoms with E-state index >= 15 is 0 Å². The number of quaternary nitrogens is 1. The molecule has 30 heavy (non-hydrogen) atoms. The fourth-order valence-electron chi connectivity index (χ4n) is 5.49. The second-order valence-corrected chi connectivity index (χ2v) is 9.04. The van der Waals surface area contributed by atoms with Crippen LogP contribution in [0.4, 0.5) is 18.9 Å². The topological polar surface area (TPSA) is 53.9 Å². The van der Waals surface area contributed by atoms with Crippen LogP contribution in [0.15, 0.2) is 24.3 Å². The van der Waals surface area contributed by atoms with Gasteiger partial charge in [-0.3, -0.25) is 9.59 Å². The van der Waals surface area contributed by atoms with Gasteiger partial charge in [-0.25, -0.2) is 0 Å². The fourth-order valence-corrected chi connectivity index (χ4v) is 5.49. The number of nitrogens with zero attached hydrogens (tertiary/aromatic N) is 1. The van der Waals surface area contributed by atoms with Crippen molar-refractivity contribution in [1.29, 1.82) is 0 Å². The van der Waals surface area contributed by atoms with E-state index in [-0.39, 0.29) is 18.1 Å². The average molecular weight is 424 g/mol. The molecular weight excluding hydrogens is 395 g/mol. The van der Waals surface area contributed by atoms with E-state index in [2.05, 4.69) is 5.32 Å². The number of halogens is 3. The first-order valence-corrected chi connectivity index (χ1v) is 10.9. The number of benzene rings is 1. The van der Waals surface area contributed by atoms with Crippen LogP contribution >= 0.6 is 0 Å². The smallest absolute Gasteiger partial charge is 0.331 e. The highest BCUT2D eigenvalue weighted by atomic mass is 19.4. The fraction of sp³-hybridized carbons (Fsp3) is 0.636. The van der Waals surface area contributed by atoms with Crippen molar-refractivity contribution in [3.8, 4) is 0 Å². The molecule has 2 amide bonds. The quantitative estimate of drug-likeness (QED) is 0.762. The number of para-hydroxylation sites is 1. The minimum absolute atomic E-state index is 0.0978. The zero-order chi connectivity index (χ0) is 21.3. The number of hydrogen-bond donors (Lipinski definition) is 2. The second-order valence-electron chi connectivity index (χ2n) is 9.04. The Morgan fingerprint density at radius 2 is 1.83 bits per heavy atom. The first-order chi connectivity index (χ1) is 14.3. The predicted molar refractivity (Wildman–Crippen MR) is 106 cm³/mol. The molecule has 0 unspecified atom stereocenters. The molecule has 164 valence electrons. The van der Waals surface area contributed by atoms with E-state index in [9.17, 15) is 22.8 Å². The van der Waals surface area contributed by atoms with Crippen LogP contribution in [0.5, 0.6) is 0 Å². The molecule has 2 N–H and O–H groups in total. The van der Waals surface area contributed by atoms with Crippen molar-refractivity contribution in [2.24, 2.45) is 17.8 Å². The van der Waals surface area contributed by atoms with Crippen LogP contribution in [-0.4, -0.2) is 49.4 Å². The summed E-state index contributed by atoms with van der Waals surface area (Å²) < 4.78 is 39.2. The first kappa shape index (κ1) is 21.2. The van der Waals surface area contributed by atoms with Gasteiger partial charge >= 0.3 is 6.18 Å². The van der Waals surface area contributed by atoms with E-state index in [1.807, 2.05) is 4.90 Å². The van der Waals surface area contributed by atoms with Gasteiger partial charge in [0, 0.05) is 6.42 Å². The number of amides is 2. The second kappa shape index (κ2) is 8.57. The summed E-state index contributed by atoms with van der Waals surface area (Å²) in [6, 6.07) is 5.00. The van der Waals surface area contributed by atoms with Crippen molar-refractivity contribution in [1.82, 2.24) is 4.90 Å². The van der Waals surface area contributed by atoms with Gasteiger partial charge in [-0.1, -0.05) is 18.6 Å². The minimum Gasteiger partial charge on any atom is -0.331 e. The van der Waals surface area contributed by atoms with Crippen molar-refractivity contribution >= 4 is 17.5 Å². The van der Waals surface area contributed by atoms with Gasteiger partial charge in [-0.05, 0) is 49.1 Å². The Kier molecular flexibility index (Phi) is 6.04. The van der Waals surface area contributed by atoms with E-state index in [1.54, 1.807) is 0 Å². The number of rotatable bonds is 5. The molecule has 1 aliphatic heterocycles. The monoisotopic (exact) mass is 424 g/mol. The zero-order valence-corrected chi connectivity index (χ0v) is 17.0. The third-order valence-corrected chi connectivity index (χ3v) is 7.06. The molecule has 0 spiro atoms. The summed E-state index contributed by atoms with van der Waals surface area (Å²) >= 11 is 0. The van der Waals surface area contributed by atoms with Crippen molar-refractivity contribution in [3.05, 3.63) is 29.8 Å².